The fourth-order valence-corrected chi connectivity index (χ4v) is 2.19. The van der Waals surface area contributed by atoms with Gasteiger partial charge in [-0.3, -0.25) is 9.59 Å². The lowest BCUT2D eigenvalue weighted by molar-refractivity contribution is -0.142. The number of benzene rings is 2. The second kappa shape index (κ2) is 7.83. The first-order valence-corrected chi connectivity index (χ1v) is 7.60. The van der Waals surface area contributed by atoms with Crippen LogP contribution in [-0.4, -0.2) is 23.8 Å². The number of hydrogen-bond donors (Lipinski definition) is 1. The molecule has 0 aliphatic rings. The summed E-state index contributed by atoms with van der Waals surface area (Å²) in [5.74, 6) is -5.94. The van der Waals surface area contributed by atoms with Crippen molar-refractivity contribution in [2.45, 2.75) is 19.9 Å². The molecular formula is C18H17F3N2O2. The van der Waals surface area contributed by atoms with Crippen molar-refractivity contribution in [2.24, 2.45) is 0 Å². The number of amides is 2. The van der Waals surface area contributed by atoms with Gasteiger partial charge in [-0.15, -0.1) is 0 Å². The van der Waals surface area contributed by atoms with Gasteiger partial charge in [0.25, 0.3) is 0 Å². The van der Waals surface area contributed by atoms with Crippen molar-refractivity contribution in [2.75, 3.05) is 12.4 Å². The molecule has 2 aromatic carbocycles. The predicted molar refractivity (Wildman–Crippen MR) is 87.2 cm³/mol. The molecule has 2 amide bonds. The molecule has 132 valence electrons. The Morgan fingerprint density at radius 2 is 1.52 bits per heavy atom. The van der Waals surface area contributed by atoms with Crippen molar-refractivity contribution in [1.29, 1.82) is 0 Å². The Labute approximate surface area is 143 Å². The lowest BCUT2D eigenvalue weighted by Gasteiger charge is -2.17. The van der Waals surface area contributed by atoms with Crippen LogP contribution in [0.25, 0.3) is 0 Å². The van der Waals surface area contributed by atoms with Crippen LogP contribution >= 0.6 is 0 Å². The van der Waals surface area contributed by atoms with Gasteiger partial charge in [0.1, 0.15) is 5.82 Å². The molecular weight excluding hydrogens is 333 g/mol. The molecule has 0 fully saturated rings. The highest BCUT2D eigenvalue weighted by atomic mass is 19.2. The van der Waals surface area contributed by atoms with E-state index >= 15 is 0 Å². The quantitative estimate of drug-likeness (QED) is 0.680. The number of halogens is 3. The molecule has 2 aromatic rings. The number of rotatable bonds is 4. The van der Waals surface area contributed by atoms with Crippen LogP contribution in [0.4, 0.5) is 18.9 Å². The minimum Gasteiger partial charge on any atom is -0.333 e. The predicted octanol–water partition coefficient (Wildman–Crippen LogP) is 3.26. The smallest absolute Gasteiger partial charge is 0.313 e. The lowest BCUT2D eigenvalue weighted by Crippen LogP contribution is -2.36. The molecule has 0 saturated carbocycles. The van der Waals surface area contributed by atoms with Crippen LogP contribution in [0, 0.1) is 17.5 Å². The third kappa shape index (κ3) is 4.59. The Balaban J connectivity index is 2.03. The average molecular weight is 350 g/mol. The molecule has 0 aromatic heterocycles. The summed E-state index contributed by atoms with van der Waals surface area (Å²) in [5, 5.41) is 1.95. The molecule has 1 N–H and O–H groups in total. The normalized spacial score (nSPS) is 10.4. The van der Waals surface area contributed by atoms with Gasteiger partial charge in [0, 0.05) is 25.7 Å². The van der Waals surface area contributed by atoms with Crippen molar-refractivity contribution < 1.29 is 22.8 Å². The van der Waals surface area contributed by atoms with Crippen molar-refractivity contribution >= 4 is 17.5 Å². The van der Waals surface area contributed by atoms with Crippen LogP contribution in [0.15, 0.2) is 36.4 Å². The van der Waals surface area contributed by atoms with Crippen LogP contribution in [0.1, 0.15) is 18.1 Å². The summed E-state index contributed by atoms with van der Waals surface area (Å²) in [6.07, 6.45) is 0.886. The van der Waals surface area contributed by atoms with Gasteiger partial charge < -0.3 is 10.2 Å². The Morgan fingerprint density at radius 3 is 2.12 bits per heavy atom. The highest BCUT2D eigenvalue weighted by Gasteiger charge is 2.21. The van der Waals surface area contributed by atoms with Gasteiger partial charge in [-0.1, -0.05) is 31.2 Å². The van der Waals surface area contributed by atoms with E-state index < -0.39 is 35.0 Å². The fraction of sp³-hybridized carbons (Fsp3) is 0.222. The van der Waals surface area contributed by atoms with Gasteiger partial charge in [0.05, 0.1) is 5.69 Å². The summed E-state index contributed by atoms with van der Waals surface area (Å²) in [6, 6.07) is 8.31. The molecule has 0 heterocycles. The third-order valence-electron chi connectivity index (χ3n) is 3.65. The number of carbonyl (C=O) groups is 2. The van der Waals surface area contributed by atoms with Crippen molar-refractivity contribution in [1.82, 2.24) is 4.90 Å². The highest BCUT2D eigenvalue weighted by molar-refractivity contribution is 6.39. The number of anilines is 1. The highest BCUT2D eigenvalue weighted by Crippen LogP contribution is 2.18. The van der Waals surface area contributed by atoms with Crippen LogP contribution in [0.5, 0.6) is 0 Å². The second-order valence-corrected chi connectivity index (χ2v) is 5.53. The first-order valence-electron chi connectivity index (χ1n) is 7.60. The minimum atomic E-state index is -1.38. The molecule has 2 rings (SSSR count). The monoisotopic (exact) mass is 350 g/mol. The van der Waals surface area contributed by atoms with Crippen molar-refractivity contribution in [3.63, 3.8) is 0 Å². The van der Waals surface area contributed by atoms with Gasteiger partial charge in [-0.25, -0.2) is 13.2 Å². The summed E-state index contributed by atoms with van der Waals surface area (Å²) in [5.41, 5.74) is 1.36. The molecule has 0 spiro atoms. The van der Waals surface area contributed by atoms with E-state index in [2.05, 4.69) is 0 Å². The van der Waals surface area contributed by atoms with Crippen molar-refractivity contribution in [3.05, 3.63) is 65.0 Å². The van der Waals surface area contributed by atoms with E-state index in [-0.39, 0.29) is 6.54 Å². The van der Waals surface area contributed by atoms with E-state index in [1.54, 1.807) is 0 Å². The SMILES string of the molecule is CCc1ccc(CN(C)C(=O)C(=O)Nc2cc(F)c(F)cc2F)cc1. The Bertz CT molecular complexity index is 792. The maximum atomic E-state index is 13.5. The summed E-state index contributed by atoms with van der Waals surface area (Å²) in [4.78, 5) is 25.1. The van der Waals surface area contributed by atoms with E-state index in [1.807, 2.05) is 36.5 Å². The second-order valence-electron chi connectivity index (χ2n) is 5.53. The lowest BCUT2D eigenvalue weighted by atomic mass is 10.1. The number of nitrogens with zero attached hydrogens (tertiary/aromatic N) is 1. The minimum absolute atomic E-state index is 0.177. The molecule has 0 aliphatic heterocycles. The number of nitrogens with one attached hydrogen (secondary N) is 1. The van der Waals surface area contributed by atoms with Gasteiger partial charge in [-0.2, -0.15) is 0 Å². The molecule has 0 radical (unpaired) electrons. The number of likely N-dealkylation sites (N-methyl/N-ethyl adjacent to an activating group) is 1. The number of carbonyl (C=O) groups excluding carboxylic acids is 2. The van der Waals surface area contributed by atoms with Gasteiger partial charge in [0.2, 0.25) is 0 Å². The molecule has 0 atom stereocenters. The first kappa shape index (κ1) is 18.5. The maximum Gasteiger partial charge on any atom is 0.313 e. The third-order valence-corrected chi connectivity index (χ3v) is 3.65. The molecule has 25 heavy (non-hydrogen) atoms. The zero-order chi connectivity index (χ0) is 18.6. The Hall–Kier alpha value is -2.83. The topological polar surface area (TPSA) is 49.4 Å². The zero-order valence-electron chi connectivity index (χ0n) is 13.8. The molecule has 0 bridgehead atoms. The van der Waals surface area contributed by atoms with Crippen LogP contribution in [0.3, 0.4) is 0 Å². The summed E-state index contributed by atoms with van der Waals surface area (Å²) < 4.78 is 39.5. The van der Waals surface area contributed by atoms with E-state index in [0.717, 1.165) is 22.4 Å². The van der Waals surface area contributed by atoms with E-state index in [0.29, 0.717) is 12.1 Å². The van der Waals surface area contributed by atoms with E-state index in [9.17, 15) is 22.8 Å². The largest absolute Gasteiger partial charge is 0.333 e. The molecule has 0 saturated heterocycles. The van der Waals surface area contributed by atoms with E-state index in [4.69, 9.17) is 0 Å². The van der Waals surface area contributed by atoms with Crippen LogP contribution in [0.2, 0.25) is 0 Å². The number of hydrogen-bond acceptors (Lipinski definition) is 2. The summed E-state index contributed by atoms with van der Waals surface area (Å²) >= 11 is 0. The standard InChI is InChI=1S/C18H17F3N2O2/c1-3-11-4-6-12(7-5-11)10-23(2)18(25)17(24)22-16-9-14(20)13(19)8-15(16)21/h4-9H,3,10H2,1-2H3,(H,22,24). The Kier molecular flexibility index (Phi) is 5.80. The molecule has 4 nitrogen and oxygen atoms in total. The summed E-state index contributed by atoms with van der Waals surface area (Å²) in [6.45, 7) is 2.20. The number of aryl methyl sites for hydroxylation is 1. The van der Waals surface area contributed by atoms with Crippen LogP contribution < -0.4 is 5.32 Å². The zero-order valence-corrected chi connectivity index (χ0v) is 13.8. The van der Waals surface area contributed by atoms with Gasteiger partial charge >= 0.3 is 11.8 Å². The molecule has 7 heteroatoms. The molecule has 0 aliphatic carbocycles. The average Bonchev–Trinajstić information content (AvgIpc) is 2.59. The van der Waals surface area contributed by atoms with Gasteiger partial charge in [0.15, 0.2) is 11.6 Å². The van der Waals surface area contributed by atoms with Gasteiger partial charge in [-0.05, 0) is 17.5 Å². The first-order chi connectivity index (χ1) is 11.8. The molecule has 0 unspecified atom stereocenters. The van der Waals surface area contributed by atoms with E-state index in [1.165, 1.54) is 7.05 Å². The summed E-state index contributed by atoms with van der Waals surface area (Å²) in [7, 11) is 1.41. The van der Waals surface area contributed by atoms with Crippen molar-refractivity contribution in [3.8, 4) is 0 Å². The maximum absolute atomic E-state index is 13.5. The fourth-order valence-electron chi connectivity index (χ4n) is 2.19. The van der Waals surface area contributed by atoms with Crippen LogP contribution in [-0.2, 0) is 22.6 Å². The Morgan fingerprint density at radius 1 is 0.960 bits per heavy atom.